The highest BCUT2D eigenvalue weighted by atomic mass is 35.5. The molecule has 9 nitrogen and oxygen atoms in total. The van der Waals surface area contributed by atoms with Gasteiger partial charge < -0.3 is 0 Å². The number of fused-ring (bicyclic) bond motifs is 12. The van der Waals surface area contributed by atoms with Crippen LogP contribution in [0.5, 0.6) is 0 Å². The molecule has 0 saturated heterocycles. The molecule has 5 heterocycles. The summed E-state index contributed by atoms with van der Waals surface area (Å²) in [5, 5.41) is 26.0. The lowest BCUT2D eigenvalue weighted by Gasteiger charge is -2.17. The zero-order chi connectivity index (χ0) is 48.2. The van der Waals surface area contributed by atoms with Crippen LogP contribution in [0, 0.1) is 22.7 Å². The fourth-order valence-corrected chi connectivity index (χ4v) is 10.7. The summed E-state index contributed by atoms with van der Waals surface area (Å²) in [7, 11) is 0. The van der Waals surface area contributed by atoms with Gasteiger partial charge in [0.1, 0.15) is 23.3 Å². The van der Waals surface area contributed by atoms with Crippen molar-refractivity contribution in [2.24, 2.45) is 0 Å². The molecular weight excluding hydrogens is 941 g/mol. The number of hydrogen-bond acceptors (Lipinski definition) is 6. The van der Waals surface area contributed by atoms with Gasteiger partial charge in [0.2, 0.25) is 11.2 Å². The maximum atomic E-state index is 11.1. The Bertz CT molecular complexity index is 4000. The Hall–Kier alpha value is -8.83. The summed E-state index contributed by atoms with van der Waals surface area (Å²) in [6.07, 6.45) is 1.10. The molecule has 0 radical (unpaired) electrons. The normalized spacial score (nSPS) is 11.5. The maximum absolute atomic E-state index is 11.1. The Kier molecular flexibility index (Phi) is 11.0. The number of aromatic nitrogens is 7. The summed E-state index contributed by atoms with van der Waals surface area (Å²) in [6.45, 7) is 0. The molecule has 14 rings (SSSR count). The van der Waals surface area contributed by atoms with Crippen LogP contribution in [-0.4, -0.2) is 33.6 Å². The van der Waals surface area contributed by atoms with Gasteiger partial charge in [-0.3, -0.25) is 13.7 Å². The van der Waals surface area contributed by atoms with Crippen LogP contribution >= 0.6 is 34.8 Å². The molecule has 12 heteroatoms. The van der Waals surface area contributed by atoms with Crippen molar-refractivity contribution in [1.82, 2.24) is 33.6 Å². The number of rotatable bonds is 3. The third kappa shape index (κ3) is 7.31. The van der Waals surface area contributed by atoms with Gasteiger partial charge >= 0.3 is 0 Å². The minimum Gasteiger partial charge on any atom is -0.292 e. The Labute approximate surface area is 421 Å². The van der Waals surface area contributed by atoms with E-state index >= 15 is 0 Å². The summed E-state index contributed by atoms with van der Waals surface area (Å²) < 4.78 is 6.37. The van der Waals surface area contributed by atoms with Crippen LogP contribution in [0.15, 0.2) is 194 Å². The number of nitriles is 2. The largest absolute Gasteiger partial charge is 0.292 e. The zero-order valence-electron chi connectivity index (χ0n) is 37.3. The van der Waals surface area contributed by atoms with Gasteiger partial charge in [-0.1, -0.05) is 181 Å². The van der Waals surface area contributed by atoms with Crippen molar-refractivity contribution in [3.05, 3.63) is 232 Å². The second-order valence-corrected chi connectivity index (χ2v) is 17.9. The van der Waals surface area contributed by atoms with Crippen LogP contribution < -0.4 is 0 Å². The van der Waals surface area contributed by atoms with E-state index in [1.54, 1.807) is 6.07 Å². The van der Waals surface area contributed by atoms with Gasteiger partial charge in [-0.2, -0.15) is 20.5 Å². The van der Waals surface area contributed by atoms with Crippen molar-refractivity contribution in [3.8, 4) is 40.8 Å². The molecule has 0 bridgehead atoms. The van der Waals surface area contributed by atoms with E-state index in [1.165, 1.54) is 22.3 Å². The van der Waals surface area contributed by atoms with Crippen LogP contribution in [0.3, 0.4) is 0 Å². The van der Waals surface area contributed by atoms with Gasteiger partial charge in [0.05, 0.1) is 33.1 Å². The summed E-state index contributed by atoms with van der Waals surface area (Å²) >= 11 is 16.4. The lowest BCUT2D eigenvalue weighted by atomic mass is 10.1. The molecule has 13 aromatic rings. The highest BCUT2D eigenvalue weighted by Crippen LogP contribution is 2.39. The first-order valence-electron chi connectivity index (χ1n) is 22.6. The highest BCUT2D eigenvalue weighted by molar-refractivity contribution is 6.36. The molecule has 0 amide bonds. The monoisotopic (exact) mass is 973 g/mol. The van der Waals surface area contributed by atoms with E-state index in [-0.39, 0.29) is 21.2 Å². The fourth-order valence-electron chi connectivity index (χ4n) is 9.95. The van der Waals surface area contributed by atoms with Crippen molar-refractivity contribution in [1.29, 1.82) is 10.5 Å². The molecule has 71 heavy (non-hydrogen) atoms. The molecular formula is C59H34Cl3N9. The van der Waals surface area contributed by atoms with Crippen molar-refractivity contribution >= 4 is 100 Å². The molecule has 0 atom stereocenters. The van der Waals surface area contributed by atoms with Gasteiger partial charge in [-0.25, -0.2) is 9.97 Å². The SMILES string of the molecule is N#Cc1c(-n2c3ccccc3c3ccccc32)nc(-n2c3ccccc3c3ccccc32)nc1-n1c2ccccc2c2ccccc21.N#Cc1c(Cl)nc(Cl)nc1Cl.c1ccc2c(c1)Cc1ccccc1-2. The van der Waals surface area contributed by atoms with Gasteiger partial charge in [0, 0.05) is 32.3 Å². The van der Waals surface area contributed by atoms with E-state index in [4.69, 9.17) is 50.0 Å². The molecule has 1 aliphatic rings. The molecule has 0 saturated carbocycles. The van der Waals surface area contributed by atoms with E-state index < -0.39 is 0 Å². The lowest BCUT2D eigenvalue weighted by molar-refractivity contribution is 0.911. The molecule has 1 aliphatic carbocycles. The van der Waals surface area contributed by atoms with Crippen LogP contribution in [0.1, 0.15) is 22.3 Å². The van der Waals surface area contributed by atoms with Crippen LogP contribution in [0.4, 0.5) is 0 Å². The fraction of sp³-hybridized carbons (Fsp3) is 0.0169. The second kappa shape index (κ2) is 17.9. The number of benzene rings is 8. The molecule has 336 valence electrons. The second-order valence-electron chi connectivity index (χ2n) is 16.8. The topological polar surface area (TPSA) is 114 Å². The molecule has 0 aliphatic heterocycles. The molecule has 0 fully saturated rings. The zero-order valence-corrected chi connectivity index (χ0v) is 39.6. The Balaban J connectivity index is 0.000000175. The smallest absolute Gasteiger partial charge is 0.238 e. The van der Waals surface area contributed by atoms with Crippen LogP contribution in [0.25, 0.3) is 94.1 Å². The van der Waals surface area contributed by atoms with Crippen LogP contribution in [0.2, 0.25) is 15.6 Å². The summed E-state index contributed by atoms with van der Waals surface area (Å²) in [4.78, 5) is 17.7. The Morgan fingerprint density at radius 3 is 0.986 bits per heavy atom. The predicted molar refractivity (Wildman–Crippen MR) is 286 cm³/mol. The van der Waals surface area contributed by atoms with E-state index in [0.717, 1.165) is 71.8 Å². The predicted octanol–water partition coefficient (Wildman–Crippen LogP) is 15.2. The molecule has 5 aromatic heterocycles. The van der Waals surface area contributed by atoms with Gasteiger partial charge in [-0.05, 0) is 76.7 Å². The standard InChI is InChI=1S/C41H24N6.C13H10.C5Cl3N3/c42-25-32-39(45-33-19-7-1-13-26(33)27-14-2-8-20-34(27)45)43-41(47-37-23-11-5-17-30(37)31-18-6-12-24-38(31)47)44-40(32)46-35-21-9-3-15-28(35)29-16-4-10-22-36(29)46;1-3-7-12-10(5-1)9-11-6-2-4-8-13(11)12;6-3-2(1-9)4(7)11-5(8)10-3/h1-24H;1-8H,9H2;. The first kappa shape index (κ1) is 43.5. The number of para-hydroxylation sites is 6. The third-order valence-corrected chi connectivity index (χ3v) is 13.7. The first-order valence-corrected chi connectivity index (χ1v) is 23.8. The molecule has 8 aromatic carbocycles. The molecule has 0 N–H and O–H groups in total. The molecule has 0 spiro atoms. The Morgan fingerprint density at radius 1 is 0.352 bits per heavy atom. The van der Waals surface area contributed by atoms with Crippen molar-refractivity contribution in [2.75, 3.05) is 0 Å². The number of halogens is 3. The third-order valence-electron chi connectivity index (χ3n) is 12.9. The van der Waals surface area contributed by atoms with Gasteiger partial charge in [0.25, 0.3) is 0 Å². The summed E-state index contributed by atoms with van der Waals surface area (Å²) in [5.74, 6) is 1.57. The van der Waals surface area contributed by atoms with Gasteiger partial charge in [0.15, 0.2) is 21.9 Å². The average Bonchev–Trinajstić information content (AvgIpc) is 4.15. The van der Waals surface area contributed by atoms with Crippen molar-refractivity contribution in [2.45, 2.75) is 6.42 Å². The number of hydrogen-bond donors (Lipinski definition) is 0. The maximum Gasteiger partial charge on any atom is 0.238 e. The van der Waals surface area contributed by atoms with Gasteiger partial charge in [-0.15, -0.1) is 0 Å². The van der Waals surface area contributed by atoms with Crippen LogP contribution in [-0.2, 0) is 6.42 Å². The van der Waals surface area contributed by atoms with Crippen molar-refractivity contribution in [3.63, 3.8) is 0 Å². The minimum absolute atomic E-state index is 0.0301. The van der Waals surface area contributed by atoms with E-state index in [1.807, 2.05) is 36.4 Å². The van der Waals surface area contributed by atoms with E-state index in [2.05, 4.69) is 187 Å². The number of nitrogens with zero attached hydrogens (tertiary/aromatic N) is 9. The van der Waals surface area contributed by atoms with Crippen molar-refractivity contribution < 1.29 is 0 Å². The summed E-state index contributed by atoms with van der Waals surface area (Å²) in [6, 6.07) is 71.6. The molecule has 0 unspecified atom stereocenters. The first-order chi connectivity index (χ1) is 34.9. The highest BCUT2D eigenvalue weighted by Gasteiger charge is 2.26. The summed E-state index contributed by atoms with van der Waals surface area (Å²) in [5.41, 5.74) is 12.1. The average molecular weight is 975 g/mol. The Morgan fingerprint density at radius 2 is 0.648 bits per heavy atom. The lowest BCUT2D eigenvalue weighted by Crippen LogP contribution is -2.13. The quantitative estimate of drug-likeness (QED) is 0.129. The van der Waals surface area contributed by atoms with E-state index in [9.17, 15) is 5.26 Å². The van der Waals surface area contributed by atoms with E-state index in [0.29, 0.717) is 23.1 Å². The minimum atomic E-state index is -0.0704.